The first-order chi connectivity index (χ1) is 8.81. The Balaban J connectivity index is 2.14. The van der Waals surface area contributed by atoms with Gasteiger partial charge in [0.25, 0.3) is 0 Å². The van der Waals surface area contributed by atoms with Crippen molar-refractivity contribution in [2.24, 2.45) is 5.73 Å². The van der Waals surface area contributed by atoms with E-state index in [-0.39, 0.29) is 11.4 Å². The van der Waals surface area contributed by atoms with Crippen molar-refractivity contribution in [1.82, 2.24) is 10.0 Å². The van der Waals surface area contributed by atoms with Gasteiger partial charge in [0.1, 0.15) is 0 Å². The topological polar surface area (TPSA) is 101 Å². The van der Waals surface area contributed by atoms with E-state index >= 15 is 0 Å². The highest BCUT2D eigenvalue weighted by Crippen LogP contribution is 2.28. The van der Waals surface area contributed by atoms with Crippen molar-refractivity contribution in [3.8, 4) is 0 Å². The van der Waals surface area contributed by atoms with E-state index in [0.29, 0.717) is 25.9 Å². The largest absolute Gasteiger partial charge is 0.356 e. The minimum absolute atomic E-state index is 0.0382. The lowest BCUT2D eigenvalue weighted by Crippen LogP contribution is -2.46. The fourth-order valence-electron chi connectivity index (χ4n) is 2.39. The van der Waals surface area contributed by atoms with E-state index in [0.717, 1.165) is 31.9 Å². The van der Waals surface area contributed by atoms with Gasteiger partial charge >= 0.3 is 0 Å². The standard InChI is InChI=1S/C12H25N3O3S/c1-19(17,18)15-9-5-8-14-11(16)10-12(13)6-3-2-4-7-12/h15H,2-10,13H2,1H3,(H,14,16). The number of carbonyl (C=O) groups excluding carboxylic acids is 1. The van der Waals surface area contributed by atoms with E-state index in [1.54, 1.807) is 0 Å². The average molecular weight is 291 g/mol. The van der Waals surface area contributed by atoms with Crippen LogP contribution < -0.4 is 15.8 Å². The van der Waals surface area contributed by atoms with Crippen LogP contribution in [0.3, 0.4) is 0 Å². The lowest BCUT2D eigenvalue weighted by atomic mass is 9.80. The molecule has 112 valence electrons. The van der Waals surface area contributed by atoms with Crippen LogP contribution in [0.2, 0.25) is 0 Å². The van der Waals surface area contributed by atoms with Crippen LogP contribution in [0.1, 0.15) is 44.9 Å². The summed E-state index contributed by atoms with van der Waals surface area (Å²) >= 11 is 0. The fourth-order valence-corrected chi connectivity index (χ4v) is 2.90. The van der Waals surface area contributed by atoms with Crippen LogP contribution in [-0.4, -0.2) is 39.2 Å². The van der Waals surface area contributed by atoms with E-state index in [9.17, 15) is 13.2 Å². The molecule has 0 bridgehead atoms. The second kappa shape index (κ2) is 7.21. The number of sulfonamides is 1. The van der Waals surface area contributed by atoms with E-state index in [1.807, 2.05) is 0 Å². The molecule has 0 atom stereocenters. The molecule has 0 heterocycles. The van der Waals surface area contributed by atoms with Gasteiger partial charge in [0.05, 0.1) is 6.26 Å². The Hall–Kier alpha value is -0.660. The van der Waals surface area contributed by atoms with Crippen molar-refractivity contribution in [3.05, 3.63) is 0 Å². The molecule has 0 spiro atoms. The predicted molar refractivity (Wildman–Crippen MR) is 75.1 cm³/mol. The molecule has 0 aliphatic heterocycles. The van der Waals surface area contributed by atoms with Gasteiger partial charge in [-0.3, -0.25) is 4.79 Å². The molecule has 1 fully saturated rings. The second-order valence-corrected chi connectivity index (χ2v) is 7.30. The molecular weight excluding hydrogens is 266 g/mol. The summed E-state index contributed by atoms with van der Waals surface area (Å²) in [7, 11) is -3.14. The van der Waals surface area contributed by atoms with Crippen molar-refractivity contribution < 1.29 is 13.2 Å². The molecule has 0 saturated heterocycles. The molecule has 4 N–H and O–H groups in total. The summed E-state index contributed by atoms with van der Waals surface area (Å²) < 4.78 is 24.0. The van der Waals surface area contributed by atoms with Gasteiger partial charge in [0, 0.05) is 25.0 Å². The number of hydrogen-bond acceptors (Lipinski definition) is 4. The molecule has 1 saturated carbocycles. The first-order valence-corrected chi connectivity index (χ1v) is 8.70. The zero-order valence-corrected chi connectivity index (χ0v) is 12.4. The normalized spacial score (nSPS) is 19.1. The number of hydrogen-bond donors (Lipinski definition) is 3. The molecule has 7 heteroatoms. The molecule has 1 aliphatic rings. The van der Waals surface area contributed by atoms with Crippen LogP contribution in [-0.2, 0) is 14.8 Å². The summed E-state index contributed by atoms with van der Waals surface area (Å²) in [6.07, 6.45) is 7.30. The van der Waals surface area contributed by atoms with E-state index in [2.05, 4.69) is 10.0 Å². The molecule has 0 aromatic rings. The zero-order chi connectivity index (χ0) is 14.4. The highest BCUT2D eigenvalue weighted by atomic mass is 32.2. The van der Waals surface area contributed by atoms with Gasteiger partial charge in [0.15, 0.2) is 0 Å². The van der Waals surface area contributed by atoms with E-state index in [4.69, 9.17) is 5.73 Å². The Kier molecular flexibility index (Phi) is 6.22. The van der Waals surface area contributed by atoms with Crippen LogP contribution in [0.25, 0.3) is 0 Å². The summed E-state index contributed by atoms with van der Waals surface area (Å²) in [5.74, 6) is -0.0382. The van der Waals surface area contributed by atoms with E-state index < -0.39 is 10.0 Å². The SMILES string of the molecule is CS(=O)(=O)NCCCNC(=O)CC1(N)CCCCC1. The fraction of sp³-hybridized carbons (Fsp3) is 0.917. The maximum atomic E-state index is 11.7. The third-order valence-corrected chi connectivity index (χ3v) is 4.13. The zero-order valence-electron chi connectivity index (χ0n) is 11.6. The van der Waals surface area contributed by atoms with Crippen molar-refractivity contribution >= 4 is 15.9 Å². The van der Waals surface area contributed by atoms with Crippen LogP contribution in [0.4, 0.5) is 0 Å². The third-order valence-electron chi connectivity index (χ3n) is 3.40. The maximum Gasteiger partial charge on any atom is 0.221 e. The lowest BCUT2D eigenvalue weighted by Gasteiger charge is -2.32. The number of rotatable bonds is 7. The van der Waals surface area contributed by atoms with Gasteiger partial charge in [-0.15, -0.1) is 0 Å². The number of nitrogens with two attached hydrogens (primary N) is 1. The smallest absolute Gasteiger partial charge is 0.221 e. The second-order valence-electron chi connectivity index (χ2n) is 5.47. The first kappa shape index (κ1) is 16.4. The summed E-state index contributed by atoms with van der Waals surface area (Å²) in [5.41, 5.74) is 5.86. The molecule has 0 unspecified atom stereocenters. The van der Waals surface area contributed by atoms with Crippen molar-refractivity contribution in [2.45, 2.75) is 50.5 Å². The summed E-state index contributed by atoms with van der Waals surface area (Å²) in [4.78, 5) is 11.7. The summed E-state index contributed by atoms with van der Waals surface area (Å²) in [5, 5.41) is 2.79. The Labute approximate surface area is 115 Å². The van der Waals surface area contributed by atoms with Gasteiger partial charge in [0.2, 0.25) is 15.9 Å². The number of nitrogens with one attached hydrogen (secondary N) is 2. The molecule has 0 radical (unpaired) electrons. The third kappa shape index (κ3) is 7.49. The summed E-state index contributed by atoms with van der Waals surface area (Å²) in [6.45, 7) is 0.810. The van der Waals surface area contributed by atoms with Gasteiger partial charge in [-0.2, -0.15) is 0 Å². The van der Waals surface area contributed by atoms with Gasteiger partial charge in [-0.05, 0) is 19.3 Å². The molecule has 1 aliphatic carbocycles. The van der Waals surface area contributed by atoms with Gasteiger partial charge < -0.3 is 11.1 Å². The summed E-state index contributed by atoms with van der Waals surface area (Å²) in [6, 6.07) is 0. The molecule has 1 rings (SSSR count). The van der Waals surface area contributed by atoms with Crippen LogP contribution in [0.5, 0.6) is 0 Å². The minimum Gasteiger partial charge on any atom is -0.356 e. The molecule has 6 nitrogen and oxygen atoms in total. The van der Waals surface area contributed by atoms with Crippen LogP contribution in [0.15, 0.2) is 0 Å². The Morgan fingerprint density at radius 3 is 2.42 bits per heavy atom. The van der Waals surface area contributed by atoms with Crippen LogP contribution >= 0.6 is 0 Å². The highest BCUT2D eigenvalue weighted by molar-refractivity contribution is 7.88. The highest BCUT2D eigenvalue weighted by Gasteiger charge is 2.29. The van der Waals surface area contributed by atoms with Crippen LogP contribution in [0, 0.1) is 0 Å². The maximum absolute atomic E-state index is 11.7. The van der Waals surface area contributed by atoms with E-state index in [1.165, 1.54) is 6.42 Å². The lowest BCUT2D eigenvalue weighted by molar-refractivity contribution is -0.122. The van der Waals surface area contributed by atoms with Crippen molar-refractivity contribution in [3.63, 3.8) is 0 Å². The number of carbonyl (C=O) groups is 1. The average Bonchev–Trinajstić information content (AvgIpc) is 2.27. The monoisotopic (exact) mass is 291 g/mol. The Bertz CT molecular complexity index is 389. The Morgan fingerprint density at radius 1 is 1.21 bits per heavy atom. The number of amides is 1. The molecule has 0 aromatic carbocycles. The first-order valence-electron chi connectivity index (χ1n) is 6.81. The molecule has 19 heavy (non-hydrogen) atoms. The predicted octanol–water partition coefficient (Wildman–Crippen LogP) is 0.0936. The molecular formula is C12H25N3O3S. The van der Waals surface area contributed by atoms with Gasteiger partial charge in [-0.25, -0.2) is 13.1 Å². The Morgan fingerprint density at radius 2 is 1.84 bits per heavy atom. The van der Waals surface area contributed by atoms with Gasteiger partial charge in [-0.1, -0.05) is 19.3 Å². The molecule has 0 aromatic heterocycles. The van der Waals surface area contributed by atoms with Crippen molar-refractivity contribution in [1.29, 1.82) is 0 Å². The molecule has 1 amide bonds. The van der Waals surface area contributed by atoms with Crippen molar-refractivity contribution in [2.75, 3.05) is 19.3 Å². The quantitative estimate of drug-likeness (QED) is 0.579. The minimum atomic E-state index is -3.14.